The maximum Gasteiger partial charge on any atom is -0.0157 e. The minimum atomic E-state index is 0.551. The van der Waals surface area contributed by atoms with Crippen LogP contribution in [0.3, 0.4) is 0 Å². The summed E-state index contributed by atoms with van der Waals surface area (Å²) in [4.78, 5) is 0. The largest absolute Gasteiger partial charge is 0.791 e. The molecule has 0 aromatic carbocycles. The lowest BCUT2D eigenvalue weighted by molar-refractivity contribution is 0.602. The van der Waals surface area contributed by atoms with E-state index in [1.54, 1.807) is 0 Å². The van der Waals surface area contributed by atoms with E-state index >= 15 is 0 Å². The van der Waals surface area contributed by atoms with Crippen LogP contribution in [0, 0.1) is 0 Å². The fourth-order valence-electron chi connectivity index (χ4n) is 0.405. The lowest BCUT2D eigenvalue weighted by Crippen LogP contribution is -2.26. The SMILES string of the molecule is CCC(C[S-])NC. The van der Waals surface area contributed by atoms with Crippen molar-refractivity contribution >= 4 is 12.6 Å². The van der Waals surface area contributed by atoms with Gasteiger partial charge in [-0.15, -0.1) is 0 Å². The van der Waals surface area contributed by atoms with Crippen LogP contribution in [0.15, 0.2) is 0 Å². The maximum absolute atomic E-state index is 4.81. The molecular weight excluding hydrogens is 106 g/mol. The first-order chi connectivity index (χ1) is 3.35. The van der Waals surface area contributed by atoms with Gasteiger partial charge in [0.25, 0.3) is 0 Å². The minimum absolute atomic E-state index is 0.551. The van der Waals surface area contributed by atoms with E-state index in [2.05, 4.69) is 12.2 Å². The first-order valence-corrected chi connectivity index (χ1v) is 3.18. The van der Waals surface area contributed by atoms with Gasteiger partial charge in [-0.05, 0) is 19.5 Å². The summed E-state index contributed by atoms with van der Waals surface area (Å²) in [6.45, 7) is 2.13. The highest BCUT2D eigenvalue weighted by atomic mass is 32.1. The quantitative estimate of drug-likeness (QED) is 0.543. The van der Waals surface area contributed by atoms with Gasteiger partial charge in [0.1, 0.15) is 0 Å². The Kier molecular flexibility index (Phi) is 4.67. The second kappa shape index (κ2) is 4.47. The van der Waals surface area contributed by atoms with E-state index < -0.39 is 0 Å². The third kappa shape index (κ3) is 2.94. The summed E-state index contributed by atoms with van der Waals surface area (Å²) in [5, 5.41) is 3.10. The molecule has 0 aliphatic heterocycles. The molecule has 0 saturated heterocycles. The van der Waals surface area contributed by atoms with Crippen molar-refractivity contribution in [3.05, 3.63) is 0 Å². The summed E-state index contributed by atoms with van der Waals surface area (Å²) in [5.41, 5.74) is 0. The zero-order chi connectivity index (χ0) is 5.70. The first kappa shape index (κ1) is 7.31. The van der Waals surface area contributed by atoms with Gasteiger partial charge in [-0.1, -0.05) is 6.92 Å². The van der Waals surface area contributed by atoms with Crippen LogP contribution >= 0.6 is 0 Å². The Hall–Kier alpha value is 0.310. The highest BCUT2D eigenvalue weighted by Gasteiger charge is 1.89. The molecule has 0 bridgehead atoms. The molecule has 7 heavy (non-hydrogen) atoms. The first-order valence-electron chi connectivity index (χ1n) is 2.60. The Morgan fingerprint density at radius 2 is 2.29 bits per heavy atom. The molecule has 44 valence electrons. The maximum atomic E-state index is 4.81. The van der Waals surface area contributed by atoms with Crippen molar-refractivity contribution in [1.82, 2.24) is 5.32 Å². The fourth-order valence-corrected chi connectivity index (χ4v) is 0.808. The summed E-state index contributed by atoms with van der Waals surface area (Å²) in [7, 11) is 1.94. The van der Waals surface area contributed by atoms with Crippen LogP contribution in [0.25, 0.3) is 0 Å². The predicted octanol–water partition coefficient (Wildman–Crippen LogP) is 0.531. The monoisotopic (exact) mass is 118 g/mol. The molecule has 1 nitrogen and oxygen atoms in total. The Bertz CT molecular complexity index is 29.6. The van der Waals surface area contributed by atoms with Crippen molar-refractivity contribution in [2.75, 3.05) is 12.8 Å². The van der Waals surface area contributed by atoms with Crippen LogP contribution in [0.5, 0.6) is 0 Å². The van der Waals surface area contributed by atoms with Gasteiger partial charge in [-0.3, -0.25) is 0 Å². The average molecular weight is 118 g/mol. The van der Waals surface area contributed by atoms with E-state index in [-0.39, 0.29) is 0 Å². The Balaban J connectivity index is 2.99. The fraction of sp³-hybridized carbons (Fsp3) is 1.00. The normalized spacial score (nSPS) is 14.1. The third-order valence-electron chi connectivity index (χ3n) is 1.10. The highest BCUT2D eigenvalue weighted by Crippen LogP contribution is 1.85. The van der Waals surface area contributed by atoms with Gasteiger partial charge >= 0.3 is 0 Å². The number of hydrogen-bond donors (Lipinski definition) is 1. The molecule has 0 saturated carbocycles. The molecule has 0 amide bonds. The van der Waals surface area contributed by atoms with Crippen molar-refractivity contribution in [2.24, 2.45) is 0 Å². The molecule has 0 aliphatic carbocycles. The van der Waals surface area contributed by atoms with E-state index in [4.69, 9.17) is 12.6 Å². The predicted molar refractivity (Wildman–Crippen MR) is 35.4 cm³/mol. The molecule has 0 radical (unpaired) electrons. The van der Waals surface area contributed by atoms with Crippen molar-refractivity contribution in [3.63, 3.8) is 0 Å². The minimum Gasteiger partial charge on any atom is -0.791 e. The molecule has 2 heteroatoms. The highest BCUT2D eigenvalue weighted by molar-refractivity contribution is 7.58. The Labute approximate surface area is 50.9 Å². The molecule has 1 atom stereocenters. The molecule has 1 N–H and O–H groups in total. The van der Waals surface area contributed by atoms with E-state index in [0.29, 0.717) is 6.04 Å². The van der Waals surface area contributed by atoms with Crippen molar-refractivity contribution in [3.8, 4) is 0 Å². The van der Waals surface area contributed by atoms with Gasteiger partial charge in [-0.25, -0.2) is 0 Å². The van der Waals surface area contributed by atoms with Crippen molar-refractivity contribution in [1.29, 1.82) is 0 Å². The summed E-state index contributed by atoms with van der Waals surface area (Å²) in [6, 6.07) is 0.551. The molecule has 0 aliphatic rings. The lowest BCUT2D eigenvalue weighted by atomic mass is 10.3. The van der Waals surface area contributed by atoms with Gasteiger partial charge in [-0.2, -0.15) is 5.75 Å². The van der Waals surface area contributed by atoms with Crippen LogP contribution in [0.1, 0.15) is 13.3 Å². The summed E-state index contributed by atoms with van der Waals surface area (Å²) >= 11 is 4.81. The average Bonchev–Trinajstić information content (AvgIpc) is 1.72. The van der Waals surface area contributed by atoms with Crippen molar-refractivity contribution < 1.29 is 0 Å². The molecule has 0 heterocycles. The van der Waals surface area contributed by atoms with Crippen LogP contribution in [-0.4, -0.2) is 18.8 Å². The van der Waals surface area contributed by atoms with E-state index in [9.17, 15) is 0 Å². The topological polar surface area (TPSA) is 12.0 Å². The summed E-state index contributed by atoms with van der Waals surface area (Å²) < 4.78 is 0. The molecule has 0 fully saturated rings. The third-order valence-corrected chi connectivity index (χ3v) is 1.50. The molecule has 0 aromatic heterocycles. The molecular formula is C5H12NS-. The molecule has 0 rings (SSSR count). The van der Waals surface area contributed by atoms with Gasteiger partial charge in [0.15, 0.2) is 0 Å². The van der Waals surface area contributed by atoms with Gasteiger partial charge in [0.05, 0.1) is 0 Å². The molecule has 0 aromatic rings. The van der Waals surface area contributed by atoms with Gasteiger partial charge in [0, 0.05) is 0 Å². The second-order valence-corrected chi connectivity index (χ2v) is 1.89. The number of rotatable bonds is 3. The van der Waals surface area contributed by atoms with E-state index in [0.717, 1.165) is 12.2 Å². The number of hydrogen-bond acceptors (Lipinski definition) is 2. The zero-order valence-corrected chi connectivity index (χ0v) is 5.72. The van der Waals surface area contributed by atoms with Crippen LogP contribution in [-0.2, 0) is 12.6 Å². The lowest BCUT2D eigenvalue weighted by Gasteiger charge is -2.15. The van der Waals surface area contributed by atoms with E-state index in [1.165, 1.54) is 0 Å². The van der Waals surface area contributed by atoms with Gasteiger partial charge < -0.3 is 17.9 Å². The summed E-state index contributed by atoms with van der Waals surface area (Å²) in [6.07, 6.45) is 1.14. The Morgan fingerprint density at radius 3 is 2.29 bits per heavy atom. The standard InChI is InChI=1S/C5H13NS/c1-3-5(4-7)6-2/h5-7H,3-4H2,1-2H3/p-1. The van der Waals surface area contributed by atoms with Crippen molar-refractivity contribution in [2.45, 2.75) is 19.4 Å². The van der Waals surface area contributed by atoms with Gasteiger partial charge in [0.2, 0.25) is 0 Å². The summed E-state index contributed by atoms with van der Waals surface area (Å²) in [5.74, 6) is 0.826. The number of nitrogens with one attached hydrogen (secondary N) is 1. The van der Waals surface area contributed by atoms with Crippen LogP contribution in [0.2, 0.25) is 0 Å². The zero-order valence-electron chi connectivity index (χ0n) is 4.90. The molecule has 1 unspecified atom stereocenters. The van der Waals surface area contributed by atoms with Crippen LogP contribution < -0.4 is 5.32 Å². The Morgan fingerprint density at radius 1 is 1.71 bits per heavy atom. The molecule has 0 spiro atoms. The van der Waals surface area contributed by atoms with E-state index in [1.807, 2.05) is 7.05 Å². The van der Waals surface area contributed by atoms with Crippen LogP contribution in [0.4, 0.5) is 0 Å². The second-order valence-electron chi connectivity index (χ2n) is 1.56. The smallest absolute Gasteiger partial charge is 0.0157 e.